The highest BCUT2D eigenvalue weighted by Crippen LogP contribution is 2.47. The number of alkyl halides is 6. The molecule has 0 unspecified atom stereocenters. The summed E-state index contributed by atoms with van der Waals surface area (Å²) in [5.41, 5.74) is -8.62. The summed E-state index contributed by atoms with van der Waals surface area (Å²) >= 11 is 0. The Morgan fingerprint density at radius 2 is 1.71 bits per heavy atom. The summed E-state index contributed by atoms with van der Waals surface area (Å²) in [6.07, 6.45) is -11.8. The summed E-state index contributed by atoms with van der Waals surface area (Å²) in [5.74, 6) is -1.90. The number of unbranched alkanes of at least 4 members (excludes halogenated alkanes) is 2. The van der Waals surface area contributed by atoms with Gasteiger partial charge in [0.25, 0.3) is 17.3 Å². The van der Waals surface area contributed by atoms with E-state index in [2.05, 4.69) is 15.5 Å². The van der Waals surface area contributed by atoms with Gasteiger partial charge < -0.3 is 24.0 Å². The molecule has 0 fully saturated rings. The Hall–Kier alpha value is -3.92. The number of H-pyrrole nitrogens is 1. The molecule has 3 N–H and O–H groups in total. The van der Waals surface area contributed by atoms with Gasteiger partial charge in [-0.3, -0.25) is 10.1 Å². The highest BCUT2D eigenvalue weighted by molar-refractivity contribution is 5.89. The zero-order valence-electron chi connectivity index (χ0n) is 24.9. The summed E-state index contributed by atoms with van der Waals surface area (Å²) in [4.78, 5) is 26.7. The molecule has 3 aromatic rings. The van der Waals surface area contributed by atoms with Crippen molar-refractivity contribution in [2.45, 2.75) is 96.1 Å². The molecular weight excluding hydrogens is 614 g/mol. The highest BCUT2D eigenvalue weighted by atomic mass is 19.4. The first-order valence-electron chi connectivity index (χ1n) is 13.9. The van der Waals surface area contributed by atoms with Crippen molar-refractivity contribution in [1.29, 1.82) is 0 Å². The number of amides is 1. The predicted molar refractivity (Wildman–Crippen MR) is 149 cm³/mol. The molecule has 1 aromatic carbocycles. The Morgan fingerprint density at radius 1 is 1.04 bits per heavy atom. The maximum atomic E-state index is 14.9. The molecule has 3 rings (SSSR count). The van der Waals surface area contributed by atoms with Crippen LogP contribution in [0.5, 0.6) is 0 Å². The standard InChI is InChI=1S/C29H34F6N4O6/c1-17(40)11-7-6-10-14-27(29(33,34)35,43-16-18-12-8-5-9-13-18)24-39-38-23(44-24)21-20(36-25(42)45-26(2,3)4)15-19(22(41)37-21)28(30,31)32/h5,8-9,12-13,15,17,40H,6-7,10-11,14,16H2,1-4H3,(H,36,42)(H,37,41)/t17-,27+/m0/s1. The summed E-state index contributed by atoms with van der Waals surface area (Å²) in [7, 11) is 0. The first-order chi connectivity index (χ1) is 20.8. The minimum atomic E-state index is -5.15. The van der Waals surface area contributed by atoms with Crippen molar-refractivity contribution in [3.8, 4) is 11.6 Å². The van der Waals surface area contributed by atoms with E-state index in [0.29, 0.717) is 18.4 Å². The van der Waals surface area contributed by atoms with Gasteiger partial charge in [0.05, 0.1) is 18.4 Å². The van der Waals surface area contributed by atoms with Gasteiger partial charge in [0.15, 0.2) is 0 Å². The number of aromatic amines is 1. The molecule has 248 valence electrons. The van der Waals surface area contributed by atoms with Gasteiger partial charge in [0.2, 0.25) is 5.60 Å². The highest BCUT2D eigenvalue weighted by Gasteiger charge is 2.61. The van der Waals surface area contributed by atoms with Gasteiger partial charge in [0.1, 0.15) is 16.9 Å². The summed E-state index contributed by atoms with van der Waals surface area (Å²) in [5, 5.41) is 18.7. The smallest absolute Gasteiger partial charge is 0.426 e. The summed E-state index contributed by atoms with van der Waals surface area (Å²) < 4.78 is 101. The third-order valence-corrected chi connectivity index (χ3v) is 6.40. The maximum Gasteiger partial charge on any atom is 0.426 e. The second-order valence-corrected chi connectivity index (χ2v) is 11.4. The number of hydrogen-bond acceptors (Lipinski definition) is 8. The van der Waals surface area contributed by atoms with E-state index in [4.69, 9.17) is 13.9 Å². The first kappa shape index (κ1) is 35.6. The number of carbonyl (C=O) groups excluding carboxylic acids is 1. The molecule has 45 heavy (non-hydrogen) atoms. The number of ether oxygens (including phenoxy) is 2. The number of aromatic nitrogens is 3. The molecule has 0 spiro atoms. The van der Waals surface area contributed by atoms with Crippen LogP contribution in [0.2, 0.25) is 0 Å². The number of pyridine rings is 1. The lowest BCUT2D eigenvalue weighted by Crippen LogP contribution is -2.45. The second kappa shape index (κ2) is 14.0. The SMILES string of the molecule is C[C@H](O)CCCCC[C@@](OCc1ccccc1)(c1nnc(-c2[nH]c(=O)c(C(F)(F)F)cc2NC(=O)OC(C)(C)C)o1)C(F)(F)F. The van der Waals surface area contributed by atoms with Crippen LogP contribution in [-0.4, -0.2) is 44.3 Å². The number of anilines is 1. The molecule has 0 saturated heterocycles. The minimum absolute atomic E-state index is 0.0404. The van der Waals surface area contributed by atoms with Crippen LogP contribution in [0, 0.1) is 0 Å². The molecule has 0 aliphatic rings. The van der Waals surface area contributed by atoms with Crippen molar-refractivity contribution in [2.75, 3.05) is 5.32 Å². The van der Waals surface area contributed by atoms with Crippen molar-refractivity contribution < 1.29 is 50.1 Å². The van der Waals surface area contributed by atoms with Crippen LogP contribution in [0.4, 0.5) is 36.8 Å². The molecule has 2 heterocycles. The second-order valence-electron chi connectivity index (χ2n) is 11.4. The molecule has 0 bridgehead atoms. The van der Waals surface area contributed by atoms with Crippen LogP contribution in [0.1, 0.15) is 76.8 Å². The van der Waals surface area contributed by atoms with Crippen molar-refractivity contribution in [1.82, 2.24) is 15.2 Å². The van der Waals surface area contributed by atoms with Gasteiger partial charge >= 0.3 is 18.4 Å². The molecule has 0 aliphatic heterocycles. The van der Waals surface area contributed by atoms with Gasteiger partial charge in [-0.25, -0.2) is 4.79 Å². The lowest BCUT2D eigenvalue weighted by Gasteiger charge is -2.32. The number of nitrogens with one attached hydrogen (secondary N) is 2. The molecule has 16 heteroatoms. The molecule has 2 atom stereocenters. The Kier molecular flexibility index (Phi) is 11.1. The average molecular weight is 649 g/mol. The van der Waals surface area contributed by atoms with E-state index < -0.39 is 83.1 Å². The third-order valence-electron chi connectivity index (χ3n) is 6.40. The lowest BCUT2D eigenvalue weighted by molar-refractivity contribution is -0.300. The van der Waals surface area contributed by atoms with Crippen LogP contribution >= 0.6 is 0 Å². The Balaban J connectivity index is 2.10. The lowest BCUT2D eigenvalue weighted by atomic mass is 9.94. The molecule has 0 aliphatic carbocycles. The van der Waals surface area contributed by atoms with Gasteiger partial charge in [-0.15, -0.1) is 10.2 Å². The summed E-state index contributed by atoms with van der Waals surface area (Å²) in [6.45, 7) is 5.50. The quantitative estimate of drug-likeness (QED) is 0.140. The van der Waals surface area contributed by atoms with E-state index in [1.54, 1.807) is 37.3 Å². The third kappa shape index (κ3) is 9.53. The molecule has 10 nitrogen and oxygen atoms in total. The van der Waals surface area contributed by atoms with Crippen LogP contribution < -0.4 is 10.9 Å². The molecule has 1 amide bonds. The van der Waals surface area contributed by atoms with Gasteiger partial charge in [-0.2, -0.15) is 26.3 Å². The molecule has 0 saturated carbocycles. The topological polar surface area (TPSA) is 140 Å². The molecule has 0 radical (unpaired) electrons. The Labute approximate surface area is 254 Å². The number of aliphatic hydroxyl groups excluding tert-OH is 1. The number of aliphatic hydroxyl groups is 1. The van der Waals surface area contributed by atoms with Crippen molar-refractivity contribution in [2.24, 2.45) is 0 Å². The van der Waals surface area contributed by atoms with E-state index in [1.165, 1.54) is 20.8 Å². The van der Waals surface area contributed by atoms with Crippen LogP contribution in [0.3, 0.4) is 0 Å². The molecule has 2 aromatic heterocycles. The monoisotopic (exact) mass is 648 g/mol. The van der Waals surface area contributed by atoms with Gasteiger partial charge in [-0.1, -0.05) is 43.2 Å². The fourth-order valence-electron chi connectivity index (χ4n) is 4.27. The van der Waals surface area contributed by atoms with E-state index >= 15 is 0 Å². The Morgan fingerprint density at radius 3 is 2.29 bits per heavy atom. The number of rotatable bonds is 12. The minimum Gasteiger partial charge on any atom is -0.444 e. The van der Waals surface area contributed by atoms with E-state index in [0.717, 1.165) is 0 Å². The van der Waals surface area contributed by atoms with E-state index in [-0.39, 0.29) is 18.9 Å². The van der Waals surface area contributed by atoms with Crippen molar-refractivity contribution >= 4 is 11.8 Å². The van der Waals surface area contributed by atoms with Gasteiger partial charge in [0, 0.05) is 0 Å². The number of benzene rings is 1. The van der Waals surface area contributed by atoms with Crippen LogP contribution in [0.15, 0.2) is 45.6 Å². The average Bonchev–Trinajstić information content (AvgIpc) is 3.39. The fraction of sp³-hybridized carbons (Fsp3) is 0.517. The summed E-state index contributed by atoms with van der Waals surface area (Å²) in [6, 6.07) is 8.26. The van der Waals surface area contributed by atoms with E-state index in [9.17, 15) is 41.0 Å². The zero-order chi connectivity index (χ0) is 33.6. The Bertz CT molecular complexity index is 1480. The fourth-order valence-corrected chi connectivity index (χ4v) is 4.27. The number of halogens is 6. The maximum absolute atomic E-state index is 14.9. The van der Waals surface area contributed by atoms with E-state index in [1.807, 2.05) is 4.98 Å². The van der Waals surface area contributed by atoms with Gasteiger partial charge in [-0.05, 0) is 58.6 Å². The van der Waals surface area contributed by atoms with Crippen LogP contribution in [0.25, 0.3) is 11.6 Å². The first-order valence-corrected chi connectivity index (χ1v) is 13.9. The number of nitrogens with zero attached hydrogens (tertiary/aromatic N) is 2. The van der Waals surface area contributed by atoms with Crippen LogP contribution in [-0.2, 0) is 27.9 Å². The van der Waals surface area contributed by atoms with Crippen molar-refractivity contribution in [3.05, 3.63) is 63.8 Å². The number of carbonyl (C=O) groups is 1. The number of hydrogen-bond donors (Lipinski definition) is 3. The predicted octanol–water partition coefficient (Wildman–Crippen LogP) is 7.10. The molecular formula is C29H34F6N4O6. The van der Waals surface area contributed by atoms with Crippen molar-refractivity contribution in [3.63, 3.8) is 0 Å². The zero-order valence-corrected chi connectivity index (χ0v) is 24.9. The largest absolute Gasteiger partial charge is 0.444 e. The normalized spacial score (nSPS) is 14.6.